The summed E-state index contributed by atoms with van der Waals surface area (Å²) in [5.41, 5.74) is 0. The number of hydrogen-bond donors (Lipinski definition) is 0. The van der Waals surface area contributed by atoms with Crippen molar-refractivity contribution in [3.63, 3.8) is 0 Å². The van der Waals surface area contributed by atoms with Gasteiger partial charge in [0, 0.05) is 0 Å². The molecule has 3 nitrogen and oxygen atoms in total. The lowest BCUT2D eigenvalue weighted by molar-refractivity contribution is 0.213. The van der Waals surface area contributed by atoms with Gasteiger partial charge in [0.1, 0.15) is 0 Å². The maximum Gasteiger partial charge on any atom is 0.297 e. The zero-order valence-corrected chi connectivity index (χ0v) is 17.6. The molecule has 0 aliphatic rings. The fourth-order valence-electron chi connectivity index (χ4n) is 3.18. The van der Waals surface area contributed by atoms with Crippen molar-refractivity contribution in [2.45, 2.75) is 108 Å². The minimum absolute atomic E-state index is 0.238. The van der Waals surface area contributed by atoms with E-state index < -0.39 is 10.1 Å². The summed E-state index contributed by atoms with van der Waals surface area (Å²) < 4.78 is 29.6. The molecule has 0 radical (unpaired) electrons. The summed E-state index contributed by atoms with van der Waals surface area (Å²) in [7, 11) is -3.63. The van der Waals surface area contributed by atoms with Gasteiger partial charge in [-0.2, -0.15) is 8.42 Å². The molecular weight excluding hydrogens is 344 g/mol. The maximum atomic E-state index is 12.1. The fourth-order valence-corrected chi connectivity index (χ4v) is 4.31. The first kappa shape index (κ1) is 23.2. The van der Waals surface area contributed by atoms with Crippen LogP contribution in [-0.4, -0.2) is 14.5 Å². The largest absolute Gasteiger partial charge is 0.297 e. The van der Waals surface area contributed by atoms with Gasteiger partial charge < -0.3 is 0 Å². The van der Waals surface area contributed by atoms with Crippen molar-refractivity contribution in [3.05, 3.63) is 30.3 Å². The Labute approximate surface area is 161 Å². The van der Waals surface area contributed by atoms with Gasteiger partial charge in [-0.3, -0.25) is 4.18 Å². The number of rotatable bonds is 16. The maximum absolute atomic E-state index is 12.1. The first-order valence-corrected chi connectivity index (χ1v) is 12.0. The Hall–Kier alpha value is -0.870. The van der Waals surface area contributed by atoms with Crippen LogP contribution in [0.2, 0.25) is 0 Å². The van der Waals surface area contributed by atoms with Crippen molar-refractivity contribution in [1.29, 1.82) is 0 Å². The second-order valence-corrected chi connectivity index (χ2v) is 8.92. The highest BCUT2D eigenvalue weighted by molar-refractivity contribution is 7.86. The highest BCUT2D eigenvalue weighted by Gasteiger charge is 2.18. The van der Waals surface area contributed by atoms with Crippen molar-refractivity contribution < 1.29 is 12.6 Å². The Morgan fingerprint density at radius 3 is 1.73 bits per heavy atom. The molecule has 1 aromatic carbocycles. The zero-order chi connectivity index (χ0) is 19.1. The van der Waals surface area contributed by atoms with Crippen LogP contribution in [0.3, 0.4) is 0 Å². The minimum Gasteiger partial charge on any atom is -0.263 e. The van der Waals surface area contributed by atoms with Gasteiger partial charge in [-0.15, -0.1) is 0 Å². The molecule has 1 aromatic rings. The molecule has 0 spiro atoms. The first-order valence-electron chi connectivity index (χ1n) is 10.5. The normalized spacial score (nSPS) is 13.0. The van der Waals surface area contributed by atoms with Crippen molar-refractivity contribution in [1.82, 2.24) is 0 Å². The first-order chi connectivity index (χ1) is 12.6. The van der Waals surface area contributed by atoms with Gasteiger partial charge in [0.05, 0.1) is 11.0 Å². The van der Waals surface area contributed by atoms with E-state index in [9.17, 15) is 8.42 Å². The Kier molecular flexibility index (Phi) is 12.7. The average molecular weight is 383 g/mol. The Morgan fingerprint density at radius 2 is 1.23 bits per heavy atom. The molecule has 0 aromatic heterocycles. The minimum atomic E-state index is -3.63. The van der Waals surface area contributed by atoms with Crippen LogP contribution >= 0.6 is 0 Å². The van der Waals surface area contributed by atoms with E-state index in [2.05, 4.69) is 6.92 Å². The molecule has 26 heavy (non-hydrogen) atoms. The molecule has 0 fully saturated rings. The Balaban J connectivity index is 1.99. The summed E-state index contributed by atoms with van der Waals surface area (Å²) >= 11 is 0. The standard InChI is InChI=1S/C22H38O3S/c1-3-4-5-6-7-8-9-10-11-12-13-15-18-21(2)25-26(23,24)22-19-16-14-17-20-22/h14,16-17,19-21H,3-13,15,18H2,1-2H3. The third-order valence-corrected chi connectivity index (χ3v) is 6.22. The summed E-state index contributed by atoms with van der Waals surface area (Å²) in [4.78, 5) is 0.238. The van der Waals surface area contributed by atoms with Crippen LogP contribution in [0, 0.1) is 0 Å². The molecule has 0 aliphatic heterocycles. The van der Waals surface area contributed by atoms with Crippen LogP contribution in [-0.2, 0) is 14.3 Å². The molecule has 1 atom stereocenters. The van der Waals surface area contributed by atoms with Crippen molar-refractivity contribution in [2.75, 3.05) is 0 Å². The summed E-state index contributed by atoms with van der Waals surface area (Å²) in [6.45, 7) is 4.11. The molecule has 0 saturated heterocycles. The van der Waals surface area contributed by atoms with Crippen molar-refractivity contribution in [3.8, 4) is 0 Å². The molecule has 0 amide bonds. The third-order valence-electron chi connectivity index (χ3n) is 4.79. The van der Waals surface area contributed by atoms with Crippen LogP contribution < -0.4 is 0 Å². The average Bonchev–Trinajstić information content (AvgIpc) is 2.63. The molecule has 0 N–H and O–H groups in total. The molecular formula is C22H38O3S. The molecule has 150 valence electrons. The molecule has 4 heteroatoms. The van der Waals surface area contributed by atoms with Crippen LogP contribution in [0.4, 0.5) is 0 Å². The lowest BCUT2D eigenvalue weighted by atomic mass is 10.0. The highest BCUT2D eigenvalue weighted by atomic mass is 32.2. The van der Waals surface area contributed by atoms with E-state index in [1.807, 2.05) is 6.92 Å². The SMILES string of the molecule is CCCCCCCCCCCCCCC(C)OS(=O)(=O)c1ccccc1. The van der Waals surface area contributed by atoms with Gasteiger partial charge in [-0.1, -0.05) is 102 Å². The summed E-state index contributed by atoms with van der Waals surface area (Å²) in [5.74, 6) is 0. The van der Waals surface area contributed by atoms with Crippen LogP contribution in [0.1, 0.15) is 97.3 Å². The van der Waals surface area contributed by atoms with E-state index in [-0.39, 0.29) is 11.0 Å². The number of unbranched alkanes of at least 4 members (excludes halogenated alkanes) is 11. The topological polar surface area (TPSA) is 43.4 Å². The predicted molar refractivity (Wildman–Crippen MR) is 110 cm³/mol. The second kappa shape index (κ2) is 14.2. The van der Waals surface area contributed by atoms with Gasteiger partial charge in [-0.25, -0.2) is 0 Å². The lowest BCUT2D eigenvalue weighted by Crippen LogP contribution is -2.15. The summed E-state index contributed by atoms with van der Waals surface area (Å²) in [6, 6.07) is 8.38. The number of hydrogen-bond acceptors (Lipinski definition) is 3. The van der Waals surface area contributed by atoms with Crippen LogP contribution in [0.15, 0.2) is 35.2 Å². The molecule has 0 saturated carbocycles. The van der Waals surface area contributed by atoms with E-state index >= 15 is 0 Å². The Morgan fingerprint density at radius 1 is 0.769 bits per heavy atom. The van der Waals surface area contributed by atoms with Gasteiger partial charge in [0.15, 0.2) is 0 Å². The van der Waals surface area contributed by atoms with Gasteiger partial charge in [-0.05, 0) is 25.5 Å². The van der Waals surface area contributed by atoms with Crippen molar-refractivity contribution in [2.24, 2.45) is 0 Å². The summed E-state index contributed by atoms with van der Waals surface area (Å²) in [5, 5.41) is 0. The van der Waals surface area contributed by atoms with Crippen molar-refractivity contribution >= 4 is 10.1 Å². The monoisotopic (exact) mass is 382 g/mol. The fraction of sp³-hybridized carbons (Fsp3) is 0.727. The van der Waals surface area contributed by atoms with E-state index in [1.54, 1.807) is 30.3 Å². The quantitative estimate of drug-likeness (QED) is 0.231. The van der Waals surface area contributed by atoms with Crippen LogP contribution in [0.5, 0.6) is 0 Å². The molecule has 0 heterocycles. The number of benzene rings is 1. The molecule has 0 aliphatic carbocycles. The third kappa shape index (κ3) is 11.0. The highest BCUT2D eigenvalue weighted by Crippen LogP contribution is 2.17. The second-order valence-electron chi connectivity index (χ2n) is 7.35. The molecule has 0 bridgehead atoms. The van der Waals surface area contributed by atoms with E-state index in [4.69, 9.17) is 4.18 Å². The molecule has 1 unspecified atom stereocenters. The van der Waals surface area contributed by atoms with Gasteiger partial charge in [0.2, 0.25) is 0 Å². The van der Waals surface area contributed by atoms with E-state index in [0.717, 1.165) is 19.3 Å². The predicted octanol–water partition coefficient (Wildman–Crippen LogP) is 6.87. The smallest absolute Gasteiger partial charge is 0.263 e. The van der Waals surface area contributed by atoms with E-state index in [1.165, 1.54) is 64.2 Å². The van der Waals surface area contributed by atoms with Gasteiger partial charge in [0.25, 0.3) is 10.1 Å². The van der Waals surface area contributed by atoms with Gasteiger partial charge >= 0.3 is 0 Å². The Bertz CT molecular complexity index is 540. The summed E-state index contributed by atoms with van der Waals surface area (Å²) in [6.07, 6.45) is 16.2. The zero-order valence-electron chi connectivity index (χ0n) is 16.8. The molecule has 1 rings (SSSR count). The van der Waals surface area contributed by atoms with Crippen LogP contribution in [0.25, 0.3) is 0 Å². The lowest BCUT2D eigenvalue weighted by Gasteiger charge is -2.13. The van der Waals surface area contributed by atoms with E-state index in [0.29, 0.717) is 0 Å².